The molecule has 22 heavy (non-hydrogen) atoms. The number of benzene rings is 1. The number of nitro groups is 1. The fourth-order valence-corrected chi connectivity index (χ4v) is 1.69. The van der Waals surface area contributed by atoms with Crippen LogP contribution in [0.25, 0.3) is 0 Å². The summed E-state index contributed by atoms with van der Waals surface area (Å²) in [6.07, 6.45) is 1.47. The number of hydrogen-bond acceptors (Lipinski definition) is 5. The molecule has 0 aliphatic rings. The summed E-state index contributed by atoms with van der Waals surface area (Å²) in [5.41, 5.74) is 4.90. The van der Waals surface area contributed by atoms with Crippen LogP contribution in [-0.2, 0) is 0 Å². The maximum atomic E-state index is 11.9. The first kappa shape index (κ1) is 15.3. The Morgan fingerprint density at radius 3 is 2.36 bits per heavy atom. The average molecular weight is 298 g/mol. The smallest absolute Gasteiger partial charge is 0.267 e. The number of nitrogens with one attached hydrogen (secondary N) is 1. The SMILES string of the molecule is CC(=NNC(=O)c1ccc(C)nc1)c1ccc([N+](=O)[O-])cc1. The summed E-state index contributed by atoms with van der Waals surface area (Å²) in [5.74, 6) is -0.367. The highest BCUT2D eigenvalue weighted by atomic mass is 16.6. The highest BCUT2D eigenvalue weighted by molar-refractivity contribution is 6.00. The van der Waals surface area contributed by atoms with E-state index in [1.54, 1.807) is 31.2 Å². The summed E-state index contributed by atoms with van der Waals surface area (Å²) in [4.78, 5) is 26.0. The van der Waals surface area contributed by atoms with E-state index in [4.69, 9.17) is 0 Å². The predicted molar refractivity (Wildman–Crippen MR) is 81.7 cm³/mol. The van der Waals surface area contributed by atoms with Gasteiger partial charge in [0.2, 0.25) is 0 Å². The summed E-state index contributed by atoms with van der Waals surface area (Å²) in [6, 6.07) is 9.34. The van der Waals surface area contributed by atoms with Crippen molar-refractivity contribution in [1.82, 2.24) is 10.4 Å². The normalized spacial score (nSPS) is 11.1. The Hall–Kier alpha value is -3.09. The number of pyridine rings is 1. The lowest BCUT2D eigenvalue weighted by Gasteiger charge is -2.03. The molecule has 0 radical (unpaired) electrons. The second-order valence-corrected chi connectivity index (χ2v) is 4.63. The molecule has 0 spiro atoms. The van der Waals surface area contributed by atoms with E-state index >= 15 is 0 Å². The molecule has 1 amide bonds. The fourth-order valence-electron chi connectivity index (χ4n) is 1.69. The molecule has 7 nitrogen and oxygen atoms in total. The van der Waals surface area contributed by atoms with E-state index in [0.29, 0.717) is 16.8 Å². The maximum Gasteiger partial charge on any atom is 0.272 e. The molecule has 0 fully saturated rings. The highest BCUT2D eigenvalue weighted by Gasteiger charge is 2.07. The molecule has 0 unspecified atom stereocenters. The van der Waals surface area contributed by atoms with Crippen LogP contribution in [0.4, 0.5) is 5.69 Å². The number of hydrogen-bond donors (Lipinski definition) is 1. The van der Waals surface area contributed by atoms with E-state index in [1.807, 2.05) is 6.92 Å². The molecule has 0 aliphatic carbocycles. The van der Waals surface area contributed by atoms with Crippen molar-refractivity contribution in [2.75, 3.05) is 0 Å². The Morgan fingerprint density at radius 2 is 1.82 bits per heavy atom. The van der Waals surface area contributed by atoms with Gasteiger partial charge < -0.3 is 0 Å². The minimum absolute atomic E-state index is 0.00585. The molecule has 2 rings (SSSR count). The van der Waals surface area contributed by atoms with E-state index in [-0.39, 0.29) is 11.6 Å². The summed E-state index contributed by atoms with van der Waals surface area (Å²) in [6.45, 7) is 3.54. The van der Waals surface area contributed by atoms with E-state index in [2.05, 4.69) is 15.5 Å². The molecular weight excluding hydrogens is 284 g/mol. The molecule has 0 atom stereocenters. The van der Waals surface area contributed by atoms with Crippen molar-refractivity contribution in [2.45, 2.75) is 13.8 Å². The average Bonchev–Trinajstić information content (AvgIpc) is 2.53. The van der Waals surface area contributed by atoms with Crippen molar-refractivity contribution in [1.29, 1.82) is 0 Å². The minimum atomic E-state index is -0.470. The van der Waals surface area contributed by atoms with Gasteiger partial charge in [-0.2, -0.15) is 5.10 Å². The van der Waals surface area contributed by atoms with Crippen molar-refractivity contribution in [3.63, 3.8) is 0 Å². The molecule has 1 aromatic heterocycles. The minimum Gasteiger partial charge on any atom is -0.267 e. The molecule has 112 valence electrons. The van der Waals surface area contributed by atoms with Crippen molar-refractivity contribution in [3.8, 4) is 0 Å². The zero-order chi connectivity index (χ0) is 16.1. The van der Waals surface area contributed by atoms with Gasteiger partial charge in [-0.1, -0.05) is 0 Å². The molecule has 2 aromatic rings. The predicted octanol–water partition coefficient (Wildman–Crippen LogP) is 2.45. The van der Waals surface area contributed by atoms with Crippen LogP contribution in [0.15, 0.2) is 47.7 Å². The Bertz CT molecular complexity index is 721. The fraction of sp³-hybridized carbons (Fsp3) is 0.133. The molecule has 0 saturated carbocycles. The summed E-state index contributed by atoms with van der Waals surface area (Å²) < 4.78 is 0. The molecule has 7 heteroatoms. The van der Waals surface area contributed by atoms with Gasteiger partial charge in [0.25, 0.3) is 11.6 Å². The van der Waals surface area contributed by atoms with Crippen molar-refractivity contribution < 1.29 is 9.72 Å². The quantitative estimate of drug-likeness (QED) is 0.532. The third-order valence-corrected chi connectivity index (χ3v) is 2.99. The van der Waals surface area contributed by atoms with Gasteiger partial charge in [-0.15, -0.1) is 0 Å². The van der Waals surface area contributed by atoms with Gasteiger partial charge in [0.05, 0.1) is 16.2 Å². The van der Waals surface area contributed by atoms with Crippen molar-refractivity contribution >= 4 is 17.3 Å². The van der Waals surface area contributed by atoms with Crippen LogP contribution < -0.4 is 5.43 Å². The Morgan fingerprint density at radius 1 is 1.18 bits per heavy atom. The van der Waals surface area contributed by atoms with E-state index < -0.39 is 4.92 Å². The van der Waals surface area contributed by atoms with Gasteiger partial charge in [-0.05, 0) is 43.7 Å². The lowest BCUT2D eigenvalue weighted by atomic mass is 10.1. The third-order valence-electron chi connectivity index (χ3n) is 2.99. The molecule has 1 N–H and O–H groups in total. The topological polar surface area (TPSA) is 97.5 Å². The number of non-ortho nitro benzene ring substituents is 1. The van der Waals surface area contributed by atoms with Gasteiger partial charge in [0.15, 0.2) is 0 Å². The van der Waals surface area contributed by atoms with Gasteiger partial charge in [-0.3, -0.25) is 19.9 Å². The standard InChI is InChI=1S/C15H14N4O3/c1-10-3-4-13(9-16-10)15(20)18-17-11(2)12-5-7-14(8-6-12)19(21)22/h3-9H,1-2H3,(H,18,20). The maximum absolute atomic E-state index is 11.9. The second kappa shape index (κ2) is 6.57. The van der Waals surface area contributed by atoms with Crippen LogP contribution in [0, 0.1) is 17.0 Å². The molecular formula is C15H14N4O3. The Balaban J connectivity index is 2.07. The highest BCUT2D eigenvalue weighted by Crippen LogP contribution is 2.12. The summed E-state index contributed by atoms with van der Waals surface area (Å²) >= 11 is 0. The largest absolute Gasteiger partial charge is 0.272 e. The monoisotopic (exact) mass is 298 g/mol. The van der Waals surface area contributed by atoms with E-state index in [9.17, 15) is 14.9 Å². The molecule has 0 aliphatic heterocycles. The first-order valence-electron chi connectivity index (χ1n) is 6.49. The first-order valence-corrected chi connectivity index (χ1v) is 6.49. The van der Waals surface area contributed by atoms with Crippen molar-refractivity contribution in [3.05, 3.63) is 69.5 Å². The number of aryl methyl sites for hydroxylation is 1. The van der Waals surface area contributed by atoms with Crippen LogP contribution in [0.3, 0.4) is 0 Å². The van der Waals surface area contributed by atoms with Crippen LogP contribution in [0.1, 0.15) is 28.5 Å². The van der Waals surface area contributed by atoms with Gasteiger partial charge in [0.1, 0.15) is 0 Å². The third kappa shape index (κ3) is 3.72. The number of nitrogens with zero attached hydrogens (tertiary/aromatic N) is 3. The lowest BCUT2D eigenvalue weighted by molar-refractivity contribution is -0.384. The number of carbonyl (C=O) groups excluding carboxylic acids is 1. The Labute approximate surface area is 126 Å². The van der Waals surface area contributed by atoms with Crippen LogP contribution >= 0.6 is 0 Å². The van der Waals surface area contributed by atoms with Crippen LogP contribution in [0.5, 0.6) is 0 Å². The number of hydrazone groups is 1. The first-order chi connectivity index (χ1) is 10.5. The molecule has 0 saturated heterocycles. The molecule has 0 bridgehead atoms. The number of nitro benzene ring substituents is 1. The zero-order valence-electron chi connectivity index (χ0n) is 12.1. The van der Waals surface area contributed by atoms with E-state index in [0.717, 1.165) is 5.69 Å². The number of carbonyl (C=O) groups is 1. The second-order valence-electron chi connectivity index (χ2n) is 4.63. The van der Waals surface area contributed by atoms with Crippen molar-refractivity contribution in [2.24, 2.45) is 5.10 Å². The lowest BCUT2D eigenvalue weighted by Crippen LogP contribution is -2.19. The van der Waals surface area contributed by atoms with Crippen LogP contribution in [-0.4, -0.2) is 21.5 Å². The zero-order valence-corrected chi connectivity index (χ0v) is 12.1. The van der Waals surface area contributed by atoms with Gasteiger partial charge >= 0.3 is 0 Å². The van der Waals surface area contributed by atoms with Gasteiger partial charge in [-0.25, -0.2) is 5.43 Å². The molecule has 1 heterocycles. The van der Waals surface area contributed by atoms with Gasteiger partial charge in [0, 0.05) is 24.0 Å². The number of aromatic nitrogens is 1. The molecule has 1 aromatic carbocycles. The summed E-state index contributed by atoms with van der Waals surface area (Å²) in [5, 5.41) is 14.6. The van der Waals surface area contributed by atoms with Crippen LogP contribution in [0.2, 0.25) is 0 Å². The Kier molecular flexibility index (Phi) is 4.57. The number of amides is 1. The number of rotatable bonds is 4. The van der Waals surface area contributed by atoms with E-state index in [1.165, 1.54) is 18.3 Å². The summed E-state index contributed by atoms with van der Waals surface area (Å²) in [7, 11) is 0.